The van der Waals surface area contributed by atoms with Gasteiger partial charge in [0.05, 0.1) is 31.1 Å². The van der Waals surface area contributed by atoms with Crippen LogP contribution in [0, 0.1) is 13.8 Å². The first-order valence-electron chi connectivity index (χ1n) is 9.51. The number of nitrogens with zero attached hydrogens (tertiary/aromatic N) is 2. The number of carbonyl (C=O) groups is 1. The van der Waals surface area contributed by atoms with Gasteiger partial charge in [-0.05, 0) is 45.0 Å². The molecule has 0 aromatic heterocycles. The SMILES string of the molecule is C=C(CC(=O)OCC)[P+]1(O)N(c2ccc(C)cc2)CCN1c1ccc(C)cc1. The Kier molecular flexibility index (Phi) is 6.07. The minimum Gasteiger partial charge on any atom is -0.466 e. The summed E-state index contributed by atoms with van der Waals surface area (Å²) >= 11 is 0. The molecular weight excluding hydrogens is 371 g/mol. The number of hydrogen-bond donors (Lipinski definition) is 1. The molecular formula is C22H28N2O3P+. The molecule has 0 spiro atoms. The number of esters is 1. The van der Waals surface area contributed by atoms with Gasteiger partial charge < -0.3 is 4.74 Å². The average molecular weight is 399 g/mol. The smallest absolute Gasteiger partial charge is 0.362 e. The molecule has 0 radical (unpaired) electrons. The minimum atomic E-state index is -3.01. The highest BCUT2D eigenvalue weighted by Crippen LogP contribution is 2.72. The molecule has 2 aromatic rings. The lowest BCUT2D eigenvalue weighted by Crippen LogP contribution is -2.26. The zero-order chi connectivity index (χ0) is 20.3. The van der Waals surface area contributed by atoms with Gasteiger partial charge in [-0.2, -0.15) is 14.2 Å². The first-order valence-corrected chi connectivity index (χ1v) is 11.2. The molecule has 3 rings (SSSR count). The summed E-state index contributed by atoms with van der Waals surface area (Å²) in [6, 6.07) is 16.2. The molecule has 1 aliphatic heterocycles. The fraction of sp³-hybridized carbons (Fsp3) is 0.318. The molecule has 0 aliphatic carbocycles. The zero-order valence-corrected chi connectivity index (χ0v) is 17.7. The van der Waals surface area contributed by atoms with Crippen molar-refractivity contribution in [2.24, 2.45) is 0 Å². The Bertz CT molecular complexity index is 796. The fourth-order valence-corrected chi connectivity index (χ4v) is 6.37. The highest BCUT2D eigenvalue weighted by molar-refractivity contribution is 7.77. The number of rotatable bonds is 6. The second kappa shape index (κ2) is 8.34. The van der Waals surface area contributed by atoms with Gasteiger partial charge in [0, 0.05) is 0 Å². The van der Waals surface area contributed by atoms with Gasteiger partial charge in [-0.15, -0.1) is 0 Å². The third kappa shape index (κ3) is 3.91. The minimum absolute atomic E-state index is 0.00282. The molecule has 1 saturated heterocycles. The lowest BCUT2D eigenvalue weighted by atomic mass is 10.2. The van der Waals surface area contributed by atoms with Crippen molar-refractivity contribution in [3.63, 3.8) is 0 Å². The number of ether oxygens (including phenoxy) is 1. The predicted octanol–water partition coefficient (Wildman–Crippen LogP) is 4.85. The molecule has 1 N–H and O–H groups in total. The van der Waals surface area contributed by atoms with Gasteiger partial charge in [0.2, 0.25) is 0 Å². The number of anilines is 2. The summed E-state index contributed by atoms with van der Waals surface area (Å²) in [5.74, 6) is -0.361. The standard InChI is InChI=1S/C22H28N2O3P/c1-5-27-22(25)16-19(4)28(26)23(20-10-6-17(2)7-11-20)14-15-24(28)21-12-8-18(3)9-13-21/h6-13,26H,4-5,14-16H2,1-3H3/q+1. The van der Waals surface area contributed by atoms with Crippen molar-refractivity contribution in [2.75, 3.05) is 29.0 Å². The predicted molar refractivity (Wildman–Crippen MR) is 117 cm³/mol. The van der Waals surface area contributed by atoms with Crippen LogP contribution in [-0.4, -0.2) is 30.6 Å². The Hall–Kier alpha value is -2.36. The number of hydrogen-bond acceptors (Lipinski definition) is 5. The van der Waals surface area contributed by atoms with Crippen molar-refractivity contribution in [1.82, 2.24) is 0 Å². The monoisotopic (exact) mass is 399 g/mol. The van der Waals surface area contributed by atoms with Gasteiger partial charge in [-0.1, -0.05) is 42.0 Å². The van der Waals surface area contributed by atoms with E-state index in [0.717, 1.165) is 22.5 Å². The van der Waals surface area contributed by atoms with Crippen LogP contribution < -0.4 is 9.34 Å². The summed E-state index contributed by atoms with van der Waals surface area (Å²) in [6.07, 6.45) is 0.00282. The van der Waals surface area contributed by atoms with Crippen molar-refractivity contribution >= 4 is 25.1 Å². The molecule has 28 heavy (non-hydrogen) atoms. The Labute approximate surface area is 167 Å². The average Bonchev–Trinajstić information content (AvgIpc) is 3.02. The van der Waals surface area contributed by atoms with E-state index >= 15 is 0 Å². The number of benzene rings is 2. The van der Waals surface area contributed by atoms with E-state index in [4.69, 9.17) is 4.74 Å². The van der Waals surface area contributed by atoms with Crippen LogP contribution >= 0.6 is 7.79 Å². The van der Waals surface area contributed by atoms with Crippen molar-refractivity contribution in [3.8, 4) is 0 Å². The Morgan fingerprint density at radius 3 is 1.82 bits per heavy atom. The topological polar surface area (TPSA) is 53.0 Å². The molecule has 0 bridgehead atoms. The molecule has 0 atom stereocenters. The van der Waals surface area contributed by atoms with Crippen LogP contribution in [0.4, 0.5) is 11.4 Å². The van der Waals surface area contributed by atoms with E-state index in [9.17, 15) is 9.69 Å². The Balaban J connectivity index is 2.00. The van der Waals surface area contributed by atoms with Crippen molar-refractivity contribution in [1.29, 1.82) is 0 Å². The summed E-state index contributed by atoms with van der Waals surface area (Å²) in [6.45, 7) is 11.6. The summed E-state index contributed by atoms with van der Waals surface area (Å²) in [5, 5.41) is 0.504. The van der Waals surface area contributed by atoms with Crippen LogP contribution in [0.2, 0.25) is 0 Å². The molecule has 1 heterocycles. The highest BCUT2D eigenvalue weighted by atomic mass is 31.2. The maximum atomic E-state index is 12.1. The van der Waals surface area contributed by atoms with E-state index < -0.39 is 7.79 Å². The van der Waals surface area contributed by atoms with Crippen LogP contribution in [0.5, 0.6) is 0 Å². The number of aryl methyl sites for hydroxylation is 2. The lowest BCUT2D eigenvalue weighted by Gasteiger charge is -2.32. The molecule has 2 aromatic carbocycles. The van der Waals surface area contributed by atoms with Gasteiger partial charge in [0.15, 0.2) is 0 Å². The number of carbonyl (C=O) groups excluding carboxylic acids is 1. The molecule has 1 aliphatic rings. The van der Waals surface area contributed by atoms with Gasteiger partial charge in [0.25, 0.3) is 0 Å². The van der Waals surface area contributed by atoms with Crippen LogP contribution in [0.15, 0.2) is 60.4 Å². The zero-order valence-electron chi connectivity index (χ0n) is 16.8. The van der Waals surface area contributed by atoms with Gasteiger partial charge in [0.1, 0.15) is 11.7 Å². The van der Waals surface area contributed by atoms with Crippen LogP contribution in [0.1, 0.15) is 24.5 Å². The largest absolute Gasteiger partial charge is 0.466 e. The molecule has 0 unspecified atom stereocenters. The normalized spacial score (nSPS) is 15.6. The van der Waals surface area contributed by atoms with Crippen LogP contribution in [0.3, 0.4) is 0 Å². The summed E-state index contributed by atoms with van der Waals surface area (Å²) in [5.41, 5.74) is 4.18. The summed E-state index contributed by atoms with van der Waals surface area (Å²) in [4.78, 5) is 24.1. The molecule has 0 saturated carbocycles. The Morgan fingerprint density at radius 1 is 1.00 bits per heavy atom. The fourth-order valence-electron chi connectivity index (χ4n) is 3.44. The van der Waals surface area contributed by atoms with E-state index in [1.807, 2.05) is 71.7 Å². The van der Waals surface area contributed by atoms with E-state index in [1.54, 1.807) is 6.92 Å². The van der Waals surface area contributed by atoms with E-state index in [-0.39, 0.29) is 12.4 Å². The molecule has 6 heteroatoms. The molecule has 1 fully saturated rings. The second-order valence-electron chi connectivity index (χ2n) is 7.03. The van der Waals surface area contributed by atoms with Crippen LogP contribution in [-0.2, 0) is 9.53 Å². The summed E-state index contributed by atoms with van der Waals surface area (Å²) < 4.78 is 9.12. The maximum Gasteiger partial charge on any atom is 0.362 e. The first-order chi connectivity index (χ1) is 13.4. The van der Waals surface area contributed by atoms with Crippen molar-refractivity contribution in [2.45, 2.75) is 27.2 Å². The van der Waals surface area contributed by atoms with Gasteiger partial charge in [-0.3, -0.25) is 4.79 Å². The van der Waals surface area contributed by atoms with Gasteiger partial charge >= 0.3 is 13.8 Å². The van der Waals surface area contributed by atoms with Gasteiger partial charge in [-0.25, -0.2) is 0 Å². The first kappa shape index (κ1) is 20.4. The molecule has 5 nitrogen and oxygen atoms in total. The van der Waals surface area contributed by atoms with Crippen molar-refractivity contribution < 1.29 is 14.4 Å². The summed E-state index contributed by atoms with van der Waals surface area (Å²) in [7, 11) is -3.01. The van der Waals surface area contributed by atoms with Crippen LogP contribution in [0.25, 0.3) is 0 Å². The third-order valence-electron chi connectivity index (χ3n) is 4.94. The van der Waals surface area contributed by atoms with E-state index in [1.165, 1.54) is 0 Å². The maximum absolute atomic E-state index is 12.1. The second-order valence-corrected chi connectivity index (χ2v) is 9.77. The quantitative estimate of drug-likeness (QED) is 0.556. The van der Waals surface area contributed by atoms with E-state index in [2.05, 4.69) is 6.58 Å². The van der Waals surface area contributed by atoms with Crippen molar-refractivity contribution in [3.05, 3.63) is 71.6 Å². The Morgan fingerprint density at radius 2 is 1.43 bits per heavy atom. The lowest BCUT2D eigenvalue weighted by molar-refractivity contribution is -0.142. The molecule has 148 valence electrons. The third-order valence-corrected chi connectivity index (χ3v) is 8.15. The highest BCUT2D eigenvalue weighted by Gasteiger charge is 2.58. The molecule has 0 amide bonds. The van der Waals surface area contributed by atoms with E-state index in [0.29, 0.717) is 25.0 Å².